The fourth-order valence-electron chi connectivity index (χ4n) is 2.56. The molecule has 0 aliphatic carbocycles. The maximum Gasteiger partial charge on any atom is 0.270 e. The third-order valence-electron chi connectivity index (χ3n) is 3.81. The summed E-state index contributed by atoms with van der Waals surface area (Å²) in [6.07, 6.45) is 6.10. The summed E-state index contributed by atoms with van der Waals surface area (Å²) in [7, 11) is 3.92. The van der Waals surface area contributed by atoms with Gasteiger partial charge in [-0.25, -0.2) is 4.98 Å². The Morgan fingerprint density at radius 1 is 1.36 bits per heavy atom. The van der Waals surface area contributed by atoms with Gasteiger partial charge in [-0.05, 0) is 7.05 Å². The fourth-order valence-corrected chi connectivity index (χ4v) is 2.56. The number of rotatable bonds is 7. The first-order chi connectivity index (χ1) is 12.0. The molecule has 0 saturated carbocycles. The van der Waals surface area contributed by atoms with Gasteiger partial charge in [-0.1, -0.05) is 12.1 Å². The second-order valence-corrected chi connectivity index (χ2v) is 5.94. The summed E-state index contributed by atoms with van der Waals surface area (Å²) in [6.45, 7) is 1.58. The van der Waals surface area contributed by atoms with Gasteiger partial charge < -0.3 is 9.32 Å². The van der Waals surface area contributed by atoms with Crippen molar-refractivity contribution in [3.63, 3.8) is 0 Å². The highest BCUT2D eigenvalue weighted by Crippen LogP contribution is 2.24. The molecule has 2 aromatic heterocycles. The minimum absolute atomic E-state index is 0.0339. The molecular weight excluding hydrogens is 322 g/mol. The number of aryl methyl sites for hydroxylation is 1. The predicted octanol–water partition coefficient (Wildman–Crippen LogP) is 2.66. The molecule has 8 nitrogen and oxygen atoms in total. The molecule has 0 saturated heterocycles. The summed E-state index contributed by atoms with van der Waals surface area (Å²) in [5, 5.41) is 15.0. The number of nitrogens with zero attached hydrogens (tertiary/aromatic N) is 5. The first-order valence-electron chi connectivity index (χ1n) is 7.87. The number of nitro benzene ring substituents is 1. The molecule has 130 valence electrons. The highest BCUT2D eigenvalue weighted by atomic mass is 16.6. The quantitative estimate of drug-likeness (QED) is 0.485. The molecule has 1 aromatic carbocycles. The molecule has 0 N–H and O–H groups in total. The van der Waals surface area contributed by atoms with Crippen LogP contribution in [0.15, 0.2) is 47.3 Å². The van der Waals surface area contributed by atoms with Gasteiger partial charge in [-0.3, -0.25) is 14.8 Å². The minimum atomic E-state index is -0.422. The molecule has 0 spiro atoms. The van der Waals surface area contributed by atoms with Crippen LogP contribution in [-0.4, -0.2) is 38.2 Å². The highest BCUT2D eigenvalue weighted by molar-refractivity contribution is 5.60. The second-order valence-electron chi connectivity index (χ2n) is 5.94. The summed E-state index contributed by atoms with van der Waals surface area (Å²) < 4.78 is 7.51. The first kappa shape index (κ1) is 16.8. The predicted molar refractivity (Wildman–Crippen MR) is 91.8 cm³/mol. The summed E-state index contributed by atoms with van der Waals surface area (Å²) in [5.41, 5.74) is 1.83. The highest BCUT2D eigenvalue weighted by Gasteiger charge is 2.12. The van der Waals surface area contributed by atoms with Crippen LogP contribution < -0.4 is 0 Å². The lowest BCUT2D eigenvalue weighted by molar-refractivity contribution is -0.384. The molecule has 0 bridgehead atoms. The molecule has 0 aliphatic heterocycles. The smallest absolute Gasteiger partial charge is 0.270 e. The number of hydrogen-bond donors (Lipinski definition) is 0. The third-order valence-corrected chi connectivity index (χ3v) is 3.81. The summed E-state index contributed by atoms with van der Waals surface area (Å²) >= 11 is 0. The molecule has 8 heteroatoms. The Morgan fingerprint density at radius 2 is 2.20 bits per heavy atom. The van der Waals surface area contributed by atoms with Crippen LogP contribution in [0.2, 0.25) is 0 Å². The fraction of sp³-hybridized carbons (Fsp3) is 0.294. The zero-order chi connectivity index (χ0) is 17.8. The Balaban J connectivity index is 1.60. The Kier molecular flexibility index (Phi) is 4.90. The monoisotopic (exact) mass is 341 g/mol. The number of oxazole rings is 1. The largest absolute Gasteiger partial charge is 0.441 e. The summed E-state index contributed by atoms with van der Waals surface area (Å²) in [6, 6.07) is 6.34. The van der Waals surface area contributed by atoms with E-state index in [1.165, 1.54) is 12.1 Å². The van der Waals surface area contributed by atoms with Crippen LogP contribution in [0, 0.1) is 10.1 Å². The summed E-state index contributed by atoms with van der Waals surface area (Å²) in [5.74, 6) is 1.15. The van der Waals surface area contributed by atoms with Gasteiger partial charge in [0, 0.05) is 56.0 Å². The van der Waals surface area contributed by atoms with E-state index in [1.54, 1.807) is 23.0 Å². The van der Waals surface area contributed by atoms with E-state index in [2.05, 4.69) is 15.0 Å². The Morgan fingerprint density at radius 3 is 2.92 bits per heavy atom. The van der Waals surface area contributed by atoms with E-state index in [0.717, 1.165) is 18.7 Å². The second kappa shape index (κ2) is 7.27. The van der Waals surface area contributed by atoms with Crippen LogP contribution in [0.25, 0.3) is 11.3 Å². The lowest BCUT2D eigenvalue weighted by Gasteiger charge is -2.13. The average molecular weight is 341 g/mol. The standard InChI is InChI=1S/C17H19N5O3/c1-20(11-13-9-19-21(2)12-13)7-6-17-18-10-16(25-17)14-4-3-5-15(8-14)22(23)24/h3-5,8-10,12H,6-7,11H2,1-2H3. The van der Waals surface area contributed by atoms with E-state index in [1.807, 2.05) is 26.5 Å². The maximum absolute atomic E-state index is 10.9. The molecule has 0 fully saturated rings. The van der Waals surface area contributed by atoms with Gasteiger partial charge in [0.05, 0.1) is 17.3 Å². The van der Waals surface area contributed by atoms with E-state index < -0.39 is 4.92 Å². The van der Waals surface area contributed by atoms with Crippen molar-refractivity contribution in [2.24, 2.45) is 7.05 Å². The number of aromatic nitrogens is 3. The minimum Gasteiger partial charge on any atom is -0.441 e. The number of non-ortho nitro benzene ring substituents is 1. The van der Waals surface area contributed by atoms with Gasteiger partial charge in [0.2, 0.25) is 0 Å². The van der Waals surface area contributed by atoms with Crippen molar-refractivity contribution in [1.82, 2.24) is 19.7 Å². The van der Waals surface area contributed by atoms with Crippen molar-refractivity contribution in [3.8, 4) is 11.3 Å². The molecule has 25 heavy (non-hydrogen) atoms. The van der Waals surface area contributed by atoms with Gasteiger partial charge in [0.1, 0.15) is 0 Å². The lowest BCUT2D eigenvalue weighted by Crippen LogP contribution is -2.20. The van der Waals surface area contributed by atoms with E-state index in [9.17, 15) is 10.1 Å². The van der Waals surface area contributed by atoms with Crippen LogP contribution in [0.3, 0.4) is 0 Å². The topological polar surface area (TPSA) is 90.2 Å². The number of benzene rings is 1. The van der Waals surface area contributed by atoms with Crippen molar-refractivity contribution in [3.05, 3.63) is 64.4 Å². The molecule has 2 heterocycles. The molecule has 3 aromatic rings. The number of likely N-dealkylation sites (N-methyl/N-ethyl adjacent to an activating group) is 1. The molecule has 0 unspecified atom stereocenters. The van der Waals surface area contributed by atoms with E-state index in [0.29, 0.717) is 23.6 Å². The molecule has 0 radical (unpaired) electrons. The van der Waals surface area contributed by atoms with Crippen LogP contribution in [0.5, 0.6) is 0 Å². The normalized spacial score (nSPS) is 11.2. The van der Waals surface area contributed by atoms with Crippen molar-refractivity contribution in [2.45, 2.75) is 13.0 Å². The van der Waals surface area contributed by atoms with E-state index in [4.69, 9.17) is 4.42 Å². The van der Waals surface area contributed by atoms with Crippen LogP contribution in [-0.2, 0) is 20.0 Å². The zero-order valence-electron chi connectivity index (χ0n) is 14.1. The number of nitro groups is 1. The van der Waals surface area contributed by atoms with Crippen LogP contribution in [0.1, 0.15) is 11.5 Å². The van der Waals surface area contributed by atoms with Crippen molar-refractivity contribution in [2.75, 3.05) is 13.6 Å². The lowest BCUT2D eigenvalue weighted by atomic mass is 10.2. The van der Waals surface area contributed by atoms with Crippen LogP contribution >= 0.6 is 0 Å². The summed E-state index contributed by atoms with van der Waals surface area (Å²) in [4.78, 5) is 16.9. The van der Waals surface area contributed by atoms with E-state index >= 15 is 0 Å². The molecule has 0 aliphatic rings. The van der Waals surface area contributed by atoms with Crippen molar-refractivity contribution in [1.29, 1.82) is 0 Å². The SMILES string of the molecule is CN(CCc1ncc(-c2cccc([N+](=O)[O-])c2)o1)Cc1cnn(C)c1. The zero-order valence-corrected chi connectivity index (χ0v) is 14.1. The van der Waals surface area contributed by atoms with Crippen molar-refractivity contribution >= 4 is 5.69 Å². The van der Waals surface area contributed by atoms with Gasteiger partial charge in [0.15, 0.2) is 11.7 Å². The van der Waals surface area contributed by atoms with Gasteiger partial charge in [-0.2, -0.15) is 5.10 Å². The maximum atomic E-state index is 10.9. The third kappa shape index (κ3) is 4.30. The Hall–Kier alpha value is -3.00. The first-order valence-corrected chi connectivity index (χ1v) is 7.87. The molecule has 3 rings (SSSR count). The van der Waals surface area contributed by atoms with Gasteiger partial charge in [-0.15, -0.1) is 0 Å². The number of hydrogen-bond acceptors (Lipinski definition) is 6. The van der Waals surface area contributed by atoms with Crippen LogP contribution in [0.4, 0.5) is 5.69 Å². The Bertz CT molecular complexity index is 871. The van der Waals surface area contributed by atoms with Gasteiger partial charge >= 0.3 is 0 Å². The van der Waals surface area contributed by atoms with Gasteiger partial charge in [0.25, 0.3) is 5.69 Å². The molecule has 0 amide bonds. The average Bonchev–Trinajstić information content (AvgIpc) is 3.22. The van der Waals surface area contributed by atoms with Crippen molar-refractivity contribution < 1.29 is 9.34 Å². The molecule has 0 atom stereocenters. The Labute approximate surface area is 144 Å². The van der Waals surface area contributed by atoms with E-state index in [-0.39, 0.29) is 5.69 Å². The molecular formula is C17H19N5O3.